The fourth-order valence-corrected chi connectivity index (χ4v) is 2.35. The third kappa shape index (κ3) is 4.87. The minimum absolute atomic E-state index is 0.0609. The number of carbonyl (C=O) groups is 2. The maximum absolute atomic E-state index is 12.2. The molecule has 0 saturated heterocycles. The van der Waals surface area contributed by atoms with E-state index in [2.05, 4.69) is 10.6 Å². The number of hydrogen-bond donors (Lipinski definition) is 2. The molecule has 22 heavy (non-hydrogen) atoms. The van der Waals surface area contributed by atoms with E-state index in [1.54, 1.807) is 37.1 Å². The van der Waals surface area contributed by atoms with Gasteiger partial charge >= 0.3 is 0 Å². The summed E-state index contributed by atoms with van der Waals surface area (Å²) in [5.41, 5.74) is 0.499. The Morgan fingerprint density at radius 2 is 2.05 bits per heavy atom. The van der Waals surface area contributed by atoms with Crippen molar-refractivity contribution in [2.24, 2.45) is 0 Å². The summed E-state index contributed by atoms with van der Waals surface area (Å²) in [5, 5.41) is 6.52. The molecule has 2 amide bonds. The van der Waals surface area contributed by atoms with Crippen molar-refractivity contribution < 1.29 is 9.59 Å². The first kappa shape index (κ1) is 17.1. The second-order valence-electron chi connectivity index (χ2n) is 5.55. The molecule has 1 aromatic carbocycles. The molecule has 0 aliphatic heterocycles. The summed E-state index contributed by atoms with van der Waals surface area (Å²) in [6.45, 7) is 1.92. The van der Waals surface area contributed by atoms with Crippen LogP contribution in [-0.2, 0) is 9.59 Å². The minimum Gasteiger partial charge on any atom is -0.352 e. The van der Waals surface area contributed by atoms with Crippen molar-refractivity contribution in [2.75, 3.05) is 18.9 Å². The molecule has 0 bridgehead atoms. The lowest BCUT2D eigenvalue weighted by Gasteiger charge is -2.23. The Balaban J connectivity index is 1.88. The first-order chi connectivity index (χ1) is 10.4. The Labute approximate surface area is 139 Å². The van der Waals surface area contributed by atoms with Crippen LogP contribution in [0.2, 0.25) is 10.0 Å². The van der Waals surface area contributed by atoms with E-state index in [4.69, 9.17) is 23.2 Å². The molecular weight excluding hydrogens is 325 g/mol. The van der Waals surface area contributed by atoms with Gasteiger partial charge in [-0.3, -0.25) is 14.5 Å². The van der Waals surface area contributed by atoms with E-state index in [0.29, 0.717) is 21.8 Å². The highest BCUT2D eigenvalue weighted by Crippen LogP contribution is 2.25. The monoisotopic (exact) mass is 343 g/mol. The molecule has 0 aromatic heterocycles. The molecule has 1 aliphatic rings. The van der Waals surface area contributed by atoms with Gasteiger partial charge < -0.3 is 10.6 Å². The van der Waals surface area contributed by atoms with Crippen molar-refractivity contribution >= 4 is 40.7 Å². The molecular formula is C15H19Cl2N3O2. The highest BCUT2D eigenvalue weighted by molar-refractivity contribution is 6.36. The van der Waals surface area contributed by atoms with E-state index in [1.165, 1.54) is 0 Å². The Morgan fingerprint density at radius 3 is 2.64 bits per heavy atom. The highest BCUT2D eigenvalue weighted by atomic mass is 35.5. The van der Waals surface area contributed by atoms with Crippen LogP contribution in [0.1, 0.15) is 19.8 Å². The van der Waals surface area contributed by atoms with Gasteiger partial charge in [0.2, 0.25) is 11.8 Å². The maximum Gasteiger partial charge on any atom is 0.241 e. The summed E-state index contributed by atoms with van der Waals surface area (Å²) in [6.07, 6.45) is 2.08. The molecule has 7 heteroatoms. The lowest BCUT2D eigenvalue weighted by atomic mass is 10.2. The quantitative estimate of drug-likeness (QED) is 0.834. The van der Waals surface area contributed by atoms with Gasteiger partial charge in [-0.05, 0) is 45.0 Å². The third-order valence-corrected chi connectivity index (χ3v) is 4.11. The predicted molar refractivity (Wildman–Crippen MR) is 88.3 cm³/mol. The molecule has 2 rings (SSSR count). The number of likely N-dealkylation sites (N-methyl/N-ethyl adjacent to an activating group) is 1. The van der Waals surface area contributed by atoms with Crippen LogP contribution in [0.4, 0.5) is 5.69 Å². The molecule has 0 unspecified atom stereocenters. The largest absolute Gasteiger partial charge is 0.352 e. The number of anilines is 1. The zero-order chi connectivity index (χ0) is 16.3. The van der Waals surface area contributed by atoms with E-state index in [0.717, 1.165) is 12.8 Å². The molecule has 1 aliphatic carbocycles. The number of nitrogens with one attached hydrogen (secondary N) is 2. The number of rotatable bonds is 6. The van der Waals surface area contributed by atoms with Gasteiger partial charge in [-0.15, -0.1) is 0 Å². The predicted octanol–water partition coefficient (Wildman–Crippen LogP) is 2.53. The van der Waals surface area contributed by atoms with Gasteiger partial charge in [0.25, 0.3) is 0 Å². The van der Waals surface area contributed by atoms with Crippen LogP contribution in [0.25, 0.3) is 0 Å². The molecule has 0 heterocycles. The van der Waals surface area contributed by atoms with Gasteiger partial charge in [-0.1, -0.05) is 23.2 Å². The Morgan fingerprint density at radius 1 is 1.36 bits per heavy atom. The number of amides is 2. The van der Waals surface area contributed by atoms with Crippen molar-refractivity contribution in [2.45, 2.75) is 31.8 Å². The van der Waals surface area contributed by atoms with Crippen molar-refractivity contribution in [3.8, 4) is 0 Å². The Bertz CT molecular complexity index is 576. The van der Waals surface area contributed by atoms with Crippen LogP contribution >= 0.6 is 23.2 Å². The Kier molecular flexibility index (Phi) is 5.67. The van der Waals surface area contributed by atoms with Crippen LogP contribution < -0.4 is 10.6 Å². The van der Waals surface area contributed by atoms with Crippen LogP contribution in [-0.4, -0.2) is 42.4 Å². The summed E-state index contributed by atoms with van der Waals surface area (Å²) < 4.78 is 0. The number of hydrogen-bond acceptors (Lipinski definition) is 3. The number of benzene rings is 1. The van der Waals surface area contributed by atoms with Gasteiger partial charge in [0, 0.05) is 11.1 Å². The van der Waals surface area contributed by atoms with E-state index in [-0.39, 0.29) is 18.4 Å². The molecule has 1 aromatic rings. The summed E-state index contributed by atoms with van der Waals surface area (Å²) in [5.74, 6) is -0.292. The molecule has 2 N–H and O–H groups in total. The molecule has 1 atom stereocenters. The fraction of sp³-hybridized carbons (Fsp3) is 0.467. The lowest BCUT2D eigenvalue weighted by Crippen LogP contribution is -2.45. The van der Waals surface area contributed by atoms with Crippen molar-refractivity contribution in [3.05, 3.63) is 28.2 Å². The smallest absolute Gasteiger partial charge is 0.241 e. The van der Waals surface area contributed by atoms with Gasteiger partial charge in [-0.2, -0.15) is 0 Å². The first-order valence-electron chi connectivity index (χ1n) is 7.12. The average Bonchev–Trinajstić information content (AvgIpc) is 3.24. The van der Waals surface area contributed by atoms with Crippen LogP contribution in [0.3, 0.4) is 0 Å². The van der Waals surface area contributed by atoms with Crippen molar-refractivity contribution in [3.63, 3.8) is 0 Å². The molecule has 5 nitrogen and oxygen atoms in total. The summed E-state index contributed by atoms with van der Waals surface area (Å²) in [4.78, 5) is 25.7. The second kappa shape index (κ2) is 7.31. The number of carbonyl (C=O) groups excluding carboxylic acids is 2. The van der Waals surface area contributed by atoms with Crippen molar-refractivity contribution in [1.82, 2.24) is 10.2 Å². The average molecular weight is 344 g/mol. The van der Waals surface area contributed by atoms with Crippen LogP contribution in [0.5, 0.6) is 0 Å². The standard InChI is InChI=1S/C15H19Cl2N3O2/c1-9(20(2)8-14(21)18-11-4-5-11)15(22)19-13-6-3-10(16)7-12(13)17/h3,6-7,9,11H,4-5,8H2,1-2H3,(H,18,21)(H,19,22)/t9-/m1/s1. The van der Waals surface area contributed by atoms with Crippen molar-refractivity contribution in [1.29, 1.82) is 0 Å². The molecule has 1 fully saturated rings. The van der Waals surface area contributed by atoms with E-state index in [9.17, 15) is 9.59 Å². The number of halogens is 2. The van der Waals surface area contributed by atoms with Gasteiger partial charge in [-0.25, -0.2) is 0 Å². The first-order valence-corrected chi connectivity index (χ1v) is 7.88. The molecule has 0 spiro atoms. The lowest BCUT2D eigenvalue weighted by molar-refractivity contribution is -0.124. The van der Waals surface area contributed by atoms with E-state index in [1.807, 2.05) is 0 Å². The van der Waals surface area contributed by atoms with E-state index >= 15 is 0 Å². The summed E-state index contributed by atoms with van der Waals surface area (Å²) in [6, 6.07) is 4.72. The van der Waals surface area contributed by atoms with Gasteiger partial charge in [0.05, 0.1) is 23.3 Å². The molecule has 1 saturated carbocycles. The zero-order valence-corrected chi connectivity index (χ0v) is 14.0. The van der Waals surface area contributed by atoms with Crippen LogP contribution in [0.15, 0.2) is 18.2 Å². The second-order valence-corrected chi connectivity index (χ2v) is 6.39. The summed E-state index contributed by atoms with van der Waals surface area (Å²) >= 11 is 11.9. The highest BCUT2D eigenvalue weighted by Gasteiger charge is 2.25. The van der Waals surface area contributed by atoms with Gasteiger partial charge in [0.1, 0.15) is 0 Å². The Hall–Kier alpha value is -1.30. The van der Waals surface area contributed by atoms with Crippen LogP contribution in [0, 0.1) is 0 Å². The van der Waals surface area contributed by atoms with E-state index < -0.39 is 6.04 Å². The zero-order valence-electron chi connectivity index (χ0n) is 12.5. The third-order valence-electron chi connectivity index (χ3n) is 3.57. The molecule has 120 valence electrons. The number of nitrogens with zero attached hydrogens (tertiary/aromatic N) is 1. The topological polar surface area (TPSA) is 61.4 Å². The van der Waals surface area contributed by atoms with Gasteiger partial charge in [0.15, 0.2) is 0 Å². The summed E-state index contributed by atoms with van der Waals surface area (Å²) in [7, 11) is 1.74. The fourth-order valence-electron chi connectivity index (χ4n) is 1.89. The minimum atomic E-state index is -0.461. The molecule has 0 radical (unpaired) electrons. The SMILES string of the molecule is C[C@H](C(=O)Nc1ccc(Cl)cc1Cl)N(C)CC(=O)NC1CC1. The maximum atomic E-state index is 12.2. The normalized spacial score (nSPS) is 15.5.